The van der Waals surface area contributed by atoms with Crippen molar-refractivity contribution >= 4 is 0 Å². The lowest BCUT2D eigenvalue weighted by Gasteiger charge is -2.17. The highest BCUT2D eigenvalue weighted by Gasteiger charge is 2.15. The van der Waals surface area contributed by atoms with Crippen LogP contribution in [-0.4, -0.2) is 30.8 Å². The van der Waals surface area contributed by atoms with Gasteiger partial charge in [0, 0.05) is 25.0 Å². The minimum Gasteiger partial charge on any atom is -0.378 e. The van der Waals surface area contributed by atoms with Gasteiger partial charge >= 0.3 is 0 Å². The average Bonchev–Trinajstić information content (AvgIpc) is 2.92. The summed E-state index contributed by atoms with van der Waals surface area (Å²) in [6, 6.07) is 4.77. The molecule has 0 radical (unpaired) electrons. The highest BCUT2D eigenvalue weighted by Crippen LogP contribution is 2.18. The van der Waals surface area contributed by atoms with Crippen LogP contribution in [0.4, 0.5) is 0 Å². The summed E-state index contributed by atoms with van der Waals surface area (Å²) in [5.74, 6) is 0. The van der Waals surface area contributed by atoms with Gasteiger partial charge < -0.3 is 10.1 Å². The highest BCUT2D eigenvalue weighted by molar-refractivity contribution is 5.11. The van der Waals surface area contributed by atoms with Gasteiger partial charge in [-0.1, -0.05) is 0 Å². The van der Waals surface area contributed by atoms with Gasteiger partial charge in [0.1, 0.15) is 0 Å². The quantitative estimate of drug-likeness (QED) is 0.805. The number of hydrogen-bond acceptors (Lipinski definition) is 3. The Bertz CT molecular complexity index is 323. The number of ether oxygens (including phenoxy) is 1. The third kappa shape index (κ3) is 4.39. The van der Waals surface area contributed by atoms with Crippen LogP contribution < -0.4 is 5.32 Å². The van der Waals surface area contributed by atoms with Crippen LogP contribution in [0.25, 0.3) is 0 Å². The van der Waals surface area contributed by atoms with Gasteiger partial charge in [0.2, 0.25) is 0 Å². The maximum Gasteiger partial charge on any atom is 0.0576 e. The largest absolute Gasteiger partial charge is 0.378 e. The van der Waals surface area contributed by atoms with Gasteiger partial charge in [-0.3, -0.25) is 4.98 Å². The standard InChI is InChI=1S/C15H24N2O/c1-16-14(12-13-7-9-17-10-8-13)4-2-5-15-6-3-11-18-15/h7-10,14-16H,2-6,11-12H2,1H3. The normalized spacial score (nSPS) is 21.1. The summed E-state index contributed by atoms with van der Waals surface area (Å²) in [5.41, 5.74) is 1.36. The van der Waals surface area contributed by atoms with Crippen LogP contribution in [0.5, 0.6) is 0 Å². The first-order valence-electron chi connectivity index (χ1n) is 7.06. The smallest absolute Gasteiger partial charge is 0.0576 e. The van der Waals surface area contributed by atoms with Crippen molar-refractivity contribution in [1.82, 2.24) is 10.3 Å². The Hall–Kier alpha value is -0.930. The van der Waals surface area contributed by atoms with Crippen LogP contribution in [0.1, 0.15) is 37.7 Å². The minimum atomic E-state index is 0.531. The van der Waals surface area contributed by atoms with Crippen molar-refractivity contribution in [1.29, 1.82) is 0 Å². The van der Waals surface area contributed by atoms with E-state index < -0.39 is 0 Å². The second kappa shape index (κ2) is 7.49. The number of aromatic nitrogens is 1. The Morgan fingerprint density at radius 1 is 1.44 bits per heavy atom. The van der Waals surface area contributed by atoms with Gasteiger partial charge in [-0.25, -0.2) is 0 Å². The highest BCUT2D eigenvalue weighted by atomic mass is 16.5. The fraction of sp³-hybridized carbons (Fsp3) is 0.667. The van der Waals surface area contributed by atoms with E-state index in [9.17, 15) is 0 Å². The van der Waals surface area contributed by atoms with Crippen molar-refractivity contribution in [3.05, 3.63) is 30.1 Å². The summed E-state index contributed by atoms with van der Waals surface area (Å²) in [5, 5.41) is 3.41. The van der Waals surface area contributed by atoms with E-state index in [1.54, 1.807) is 0 Å². The van der Waals surface area contributed by atoms with Crippen LogP contribution in [-0.2, 0) is 11.2 Å². The molecule has 1 aliphatic rings. The lowest BCUT2D eigenvalue weighted by atomic mass is 10.00. The van der Waals surface area contributed by atoms with Gasteiger partial charge in [0.15, 0.2) is 0 Å². The molecule has 18 heavy (non-hydrogen) atoms. The number of rotatable bonds is 7. The molecule has 100 valence electrons. The number of nitrogens with one attached hydrogen (secondary N) is 1. The third-order valence-corrected chi connectivity index (χ3v) is 3.74. The zero-order chi connectivity index (χ0) is 12.6. The number of nitrogens with zero attached hydrogens (tertiary/aromatic N) is 1. The molecule has 1 saturated heterocycles. The van der Waals surface area contributed by atoms with Gasteiger partial charge in [0.25, 0.3) is 0 Å². The van der Waals surface area contributed by atoms with Crippen LogP contribution in [0.15, 0.2) is 24.5 Å². The van der Waals surface area contributed by atoms with E-state index in [4.69, 9.17) is 4.74 Å². The maximum atomic E-state index is 5.66. The van der Waals surface area contributed by atoms with Gasteiger partial charge in [-0.15, -0.1) is 0 Å². The van der Waals surface area contributed by atoms with Crippen LogP contribution in [0.2, 0.25) is 0 Å². The lowest BCUT2D eigenvalue weighted by Crippen LogP contribution is -2.27. The van der Waals surface area contributed by atoms with Crippen molar-refractivity contribution in [3.8, 4) is 0 Å². The van der Waals surface area contributed by atoms with Crippen molar-refractivity contribution in [3.63, 3.8) is 0 Å². The summed E-state index contributed by atoms with van der Waals surface area (Å²) >= 11 is 0. The molecular weight excluding hydrogens is 224 g/mol. The minimum absolute atomic E-state index is 0.531. The fourth-order valence-electron chi connectivity index (χ4n) is 2.62. The second-order valence-corrected chi connectivity index (χ2v) is 5.11. The summed E-state index contributed by atoms with van der Waals surface area (Å²) in [7, 11) is 2.05. The van der Waals surface area contributed by atoms with E-state index in [0.29, 0.717) is 12.1 Å². The van der Waals surface area contributed by atoms with Crippen molar-refractivity contribution < 1.29 is 4.74 Å². The molecule has 2 atom stereocenters. The maximum absolute atomic E-state index is 5.66. The molecule has 0 spiro atoms. The molecule has 0 aliphatic carbocycles. The van der Waals surface area contributed by atoms with Crippen LogP contribution in [0, 0.1) is 0 Å². The summed E-state index contributed by atoms with van der Waals surface area (Å²) in [6.45, 7) is 0.969. The number of hydrogen-bond donors (Lipinski definition) is 1. The van der Waals surface area contributed by atoms with Crippen LogP contribution >= 0.6 is 0 Å². The average molecular weight is 248 g/mol. The zero-order valence-electron chi connectivity index (χ0n) is 11.3. The number of likely N-dealkylation sites (N-methyl/N-ethyl adjacent to an activating group) is 1. The number of pyridine rings is 1. The predicted molar refractivity (Wildman–Crippen MR) is 73.6 cm³/mol. The lowest BCUT2D eigenvalue weighted by molar-refractivity contribution is 0.101. The molecule has 1 aromatic rings. The molecule has 0 aromatic carbocycles. The van der Waals surface area contributed by atoms with Crippen molar-refractivity contribution in [2.75, 3.05) is 13.7 Å². The zero-order valence-corrected chi connectivity index (χ0v) is 11.3. The fourth-order valence-corrected chi connectivity index (χ4v) is 2.62. The summed E-state index contributed by atoms with van der Waals surface area (Å²) < 4.78 is 5.66. The molecule has 1 fully saturated rings. The Morgan fingerprint density at radius 3 is 2.94 bits per heavy atom. The first-order valence-corrected chi connectivity index (χ1v) is 7.06. The van der Waals surface area contributed by atoms with E-state index in [1.165, 1.54) is 37.7 Å². The molecular formula is C15H24N2O. The predicted octanol–water partition coefficient (Wildman–Crippen LogP) is 2.56. The molecule has 3 heteroatoms. The summed E-state index contributed by atoms with van der Waals surface area (Å²) in [6.07, 6.45) is 11.6. The molecule has 0 saturated carbocycles. The van der Waals surface area contributed by atoms with E-state index in [2.05, 4.69) is 29.5 Å². The first kappa shape index (κ1) is 13.5. The molecule has 1 N–H and O–H groups in total. The summed E-state index contributed by atoms with van der Waals surface area (Å²) in [4.78, 5) is 4.06. The monoisotopic (exact) mass is 248 g/mol. The van der Waals surface area contributed by atoms with E-state index in [0.717, 1.165) is 13.0 Å². The van der Waals surface area contributed by atoms with Gasteiger partial charge in [-0.2, -0.15) is 0 Å². The van der Waals surface area contributed by atoms with Gasteiger partial charge in [-0.05, 0) is 63.3 Å². The molecule has 2 unspecified atom stereocenters. The van der Waals surface area contributed by atoms with Crippen LogP contribution in [0.3, 0.4) is 0 Å². The topological polar surface area (TPSA) is 34.1 Å². The Morgan fingerprint density at radius 2 is 2.28 bits per heavy atom. The molecule has 1 aromatic heterocycles. The second-order valence-electron chi connectivity index (χ2n) is 5.11. The molecule has 1 aliphatic heterocycles. The molecule has 3 nitrogen and oxygen atoms in total. The SMILES string of the molecule is CNC(CCCC1CCCO1)Cc1ccncc1. The third-order valence-electron chi connectivity index (χ3n) is 3.74. The Kier molecular flexibility index (Phi) is 5.62. The molecule has 0 bridgehead atoms. The van der Waals surface area contributed by atoms with Crippen molar-refractivity contribution in [2.45, 2.75) is 50.7 Å². The van der Waals surface area contributed by atoms with E-state index in [-0.39, 0.29) is 0 Å². The van der Waals surface area contributed by atoms with Crippen molar-refractivity contribution in [2.24, 2.45) is 0 Å². The van der Waals surface area contributed by atoms with E-state index in [1.807, 2.05) is 12.4 Å². The van der Waals surface area contributed by atoms with Gasteiger partial charge in [0.05, 0.1) is 6.10 Å². The molecule has 2 rings (SSSR count). The Balaban J connectivity index is 1.68. The van der Waals surface area contributed by atoms with E-state index >= 15 is 0 Å². The Labute approximate surface area is 110 Å². The molecule has 2 heterocycles. The first-order chi connectivity index (χ1) is 8.88. The molecule has 0 amide bonds.